The van der Waals surface area contributed by atoms with Crippen molar-refractivity contribution in [1.82, 2.24) is 5.32 Å². The van der Waals surface area contributed by atoms with Crippen molar-refractivity contribution in [2.45, 2.75) is 20.3 Å². The van der Waals surface area contributed by atoms with Gasteiger partial charge in [-0.2, -0.15) is 0 Å². The third-order valence-corrected chi connectivity index (χ3v) is 4.16. The van der Waals surface area contributed by atoms with Gasteiger partial charge in [-0.1, -0.05) is 43.6 Å². The molecule has 2 aromatic rings. The predicted molar refractivity (Wildman–Crippen MR) is 105 cm³/mol. The molecule has 0 atom stereocenters. The fourth-order valence-corrected chi connectivity index (χ4v) is 2.85. The number of benzene rings is 2. The second kappa shape index (κ2) is 8.26. The molecule has 1 aliphatic rings. The molecule has 5 heteroatoms. The zero-order valence-corrected chi connectivity index (χ0v) is 15.4. The van der Waals surface area contributed by atoms with Crippen molar-refractivity contribution in [2.24, 2.45) is 10.9 Å². The Morgan fingerprint density at radius 1 is 1.16 bits per heavy atom. The number of rotatable bonds is 6. The highest BCUT2D eigenvalue weighted by atomic mass is 35.5. The number of hydrogen-bond acceptors (Lipinski definition) is 4. The smallest absolute Gasteiger partial charge is 0.195 e. The average molecular weight is 358 g/mol. The molecular formula is C20H24ClN3O. The zero-order valence-electron chi connectivity index (χ0n) is 14.7. The van der Waals surface area contributed by atoms with Crippen LogP contribution in [0.4, 0.5) is 5.69 Å². The molecule has 0 unspecified atom stereocenters. The highest BCUT2D eigenvalue weighted by Crippen LogP contribution is 2.27. The van der Waals surface area contributed by atoms with Crippen molar-refractivity contribution in [1.29, 1.82) is 0 Å². The molecule has 0 amide bonds. The summed E-state index contributed by atoms with van der Waals surface area (Å²) in [5, 5.41) is 7.14. The lowest BCUT2D eigenvalue weighted by Crippen LogP contribution is -2.26. The molecule has 2 N–H and O–H groups in total. The summed E-state index contributed by atoms with van der Waals surface area (Å²) in [6, 6.07) is 14.4. The Morgan fingerprint density at radius 3 is 2.56 bits per heavy atom. The van der Waals surface area contributed by atoms with Gasteiger partial charge in [0.25, 0.3) is 0 Å². The minimum Gasteiger partial charge on any atom is -0.492 e. The Labute approximate surface area is 154 Å². The van der Waals surface area contributed by atoms with E-state index in [1.807, 2.05) is 12.1 Å². The number of guanidine groups is 1. The second-order valence-electron chi connectivity index (χ2n) is 6.63. The van der Waals surface area contributed by atoms with E-state index in [4.69, 9.17) is 16.3 Å². The summed E-state index contributed by atoms with van der Waals surface area (Å²) >= 11 is 6.34. The number of nitrogens with one attached hydrogen (secondary N) is 2. The molecule has 0 fully saturated rings. The monoisotopic (exact) mass is 357 g/mol. The molecule has 3 rings (SSSR count). The Morgan fingerprint density at radius 2 is 1.92 bits per heavy atom. The fraction of sp³-hybridized carbons (Fsp3) is 0.350. The SMILES string of the molecule is CC(C)COc1ccc(Cc2ccc(NC3=NCCN3)cc2)cc1Cl. The highest BCUT2D eigenvalue weighted by molar-refractivity contribution is 6.32. The first kappa shape index (κ1) is 17.6. The van der Waals surface area contributed by atoms with Crippen LogP contribution in [0.5, 0.6) is 5.75 Å². The van der Waals surface area contributed by atoms with Crippen LogP contribution in [-0.4, -0.2) is 25.7 Å². The normalized spacial score (nSPS) is 13.5. The lowest BCUT2D eigenvalue weighted by Gasteiger charge is -2.12. The van der Waals surface area contributed by atoms with Crippen LogP contribution in [0, 0.1) is 5.92 Å². The highest BCUT2D eigenvalue weighted by Gasteiger charge is 2.07. The molecule has 0 bridgehead atoms. The molecule has 0 radical (unpaired) electrons. The van der Waals surface area contributed by atoms with Gasteiger partial charge in [0.05, 0.1) is 18.2 Å². The lowest BCUT2D eigenvalue weighted by atomic mass is 10.0. The first-order valence-corrected chi connectivity index (χ1v) is 9.03. The Hall–Kier alpha value is -2.20. The van der Waals surface area contributed by atoms with Crippen LogP contribution in [0.25, 0.3) is 0 Å². The number of aliphatic imine (C=N–C) groups is 1. The van der Waals surface area contributed by atoms with Crippen LogP contribution in [0.3, 0.4) is 0 Å². The molecule has 1 heterocycles. The van der Waals surface area contributed by atoms with E-state index in [9.17, 15) is 0 Å². The maximum absolute atomic E-state index is 6.34. The van der Waals surface area contributed by atoms with Gasteiger partial charge in [-0.25, -0.2) is 0 Å². The third kappa shape index (κ3) is 5.13. The Balaban J connectivity index is 1.60. The molecule has 25 heavy (non-hydrogen) atoms. The van der Waals surface area contributed by atoms with Crippen molar-refractivity contribution in [3.63, 3.8) is 0 Å². The summed E-state index contributed by atoms with van der Waals surface area (Å²) in [5.74, 6) is 2.08. The number of ether oxygens (including phenoxy) is 1. The van der Waals surface area contributed by atoms with Gasteiger partial charge < -0.3 is 15.4 Å². The molecule has 2 aromatic carbocycles. The Bertz CT molecular complexity index is 741. The van der Waals surface area contributed by atoms with Gasteiger partial charge in [0, 0.05) is 12.2 Å². The first-order valence-electron chi connectivity index (χ1n) is 8.65. The van der Waals surface area contributed by atoms with Crippen LogP contribution in [0.2, 0.25) is 5.02 Å². The molecule has 1 aliphatic heterocycles. The van der Waals surface area contributed by atoms with E-state index in [2.05, 4.69) is 59.8 Å². The molecule has 0 spiro atoms. The van der Waals surface area contributed by atoms with E-state index in [1.54, 1.807) is 0 Å². The molecular weight excluding hydrogens is 334 g/mol. The van der Waals surface area contributed by atoms with Crippen LogP contribution < -0.4 is 15.4 Å². The van der Waals surface area contributed by atoms with Gasteiger partial charge >= 0.3 is 0 Å². The van der Waals surface area contributed by atoms with Gasteiger partial charge in [0.2, 0.25) is 0 Å². The van der Waals surface area contributed by atoms with Crippen molar-refractivity contribution in [2.75, 3.05) is 25.0 Å². The molecule has 132 valence electrons. The first-order chi connectivity index (χ1) is 12.1. The number of nitrogens with zero attached hydrogens (tertiary/aromatic N) is 1. The standard InChI is InChI=1S/C20H24ClN3O/c1-14(2)13-25-19-8-5-16(12-18(19)21)11-15-3-6-17(7-4-15)24-20-22-9-10-23-20/h3-8,12,14H,9-11,13H2,1-2H3,(H2,22,23,24). The van der Waals surface area contributed by atoms with E-state index < -0.39 is 0 Å². The van der Waals surface area contributed by atoms with Crippen LogP contribution in [-0.2, 0) is 6.42 Å². The van der Waals surface area contributed by atoms with Crippen molar-refractivity contribution in [3.8, 4) is 5.75 Å². The molecule has 0 aromatic heterocycles. The summed E-state index contributed by atoms with van der Waals surface area (Å²) < 4.78 is 5.73. The van der Waals surface area contributed by atoms with Gasteiger partial charge in [-0.05, 0) is 47.7 Å². The van der Waals surface area contributed by atoms with Gasteiger partial charge in [0.1, 0.15) is 5.75 Å². The quantitative estimate of drug-likeness (QED) is 0.808. The minimum atomic E-state index is 0.480. The van der Waals surface area contributed by atoms with E-state index in [0.717, 1.165) is 36.9 Å². The van der Waals surface area contributed by atoms with E-state index in [-0.39, 0.29) is 0 Å². The van der Waals surface area contributed by atoms with E-state index >= 15 is 0 Å². The predicted octanol–water partition coefficient (Wildman–Crippen LogP) is 4.34. The number of hydrogen-bond donors (Lipinski definition) is 2. The van der Waals surface area contributed by atoms with Crippen LogP contribution in [0.15, 0.2) is 47.5 Å². The maximum Gasteiger partial charge on any atom is 0.195 e. The largest absolute Gasteiger partial charge is 0.492 e. The van der Waals surface area contributed by atoms with Crippen LogP contribution in [0.1, 0.15) is 25.0 Å². The summed E-state index contributed by atoms with van der Waals surface area (Å²) in [7, 11) is 0. The zero-order chi connectivity index (χ0) is 17.6. The lowest BCUT2D eigenvalue weighted by molar-refractivity contribution is 0.271. The summed E-state index contributed by atoms with van der Waals surface area (Å²) in [6.07, 6.45) is 0.837. The van der Waals surface area contributed by atoms with Crippen molar-refractivity contribution >= 4 is 23.2 Å². The fourth-order valence-electron chi connectivity index (χ4n) is 2.59. The van der Waals surface area contributed by atoms with Crippen molar-refractivity contribution in [3.05, 3.63) is 58.6 Å². The van der Waals surface area contributed by atoms with Gasteiger partial charge in [-0.15, -0.1) is 0 Å². The van der Waals surface area contributed by atoms with E-state index in [0.29, 0.717) is 17.5 Å². The van der Waals surface area contributed by atoms with Gasteiger partial charge in [-0.3, -0.25) is 4.99 Å². The summed E-state index contributed by atoms with van der Waals surface area (Å²) in [4.78, 5) is 4.33. The third-order valence-electron chi connectivity index (χ3n) is 3.87. The molecule has 0 aliphatic carbocycles. The summed E-state index contributed by atoms with van der Waals surface area (Å²) in [5.41, 5.74) is 3.44. The number of anilines is 1. The molecule has 0 saturated heterocycles. The molecule has 0 saturated carbocycles. The van der Waals surface area contributed by atoms with Crippen molar-refractivity contribution < 1.29 is 4.74 Å². The second-order valence-corrected chi connectivity index (χ2v) is 7.03. The maximum atomic E-state index is 6.34. The Kier molecular flexibility index (Phi) is 5.82. The summed E-state index contributed by atoms with van der Waals surface area (Å²) in [6.45, 7) is 6.65. The minimum absolute atomic E-state index is 0.480. The molecule has 4 nitrogen and oxygen atoms in total. The van der Waals surface area contributed by atoms with Gasteiger partial charge in [0.15, 0.2) is 5.96 Å². The van der Waals surface area contributed by atoms with E-state index in [1.165, 1.54) is 11.1 Å². The topological polar surface area (TPSA) is 45.6 Å². The number of halogens is 1. The van der Waals surface area contributed by atoms with Crippen LogP contribution >= 0.6 is 11.6 Å². The average Bonchev–Trinajstić information content (AvgIpc) is 3.09.